The number of ether oxygens (including phenoxy) is 1. The van der Waals surface area contributed by atoms with Crippen molar-refractivity contribution in [3.05, 3.63) is 54.1 Å². The van der Waals surface area contributed by atoms with Crippen molar-refractivity contribution < 1.29 is 9.26 Å². The van der Waals surface area contributed by atoms with Crippen molar-refractivity contribution in [1.82, 2.24) is 10.1 Å². The summed E-state index contributed by atoms with van der Waals surface area (Å²) in [6, 6.07) is 15.7. The smallest absolute Gasteiger partial charge is 0.258 e. The molecule has 0 atom stereocenters. The van der Waals surface area contributed by atoms with Gasteiger partial charge in [0, 0.05) is 11.1 Å². The van der Waals surface area contributed by atoms with Crippen LogP contribution in [0.3, 0.4) is 0 Å². The minimum Gasteiger partial charge on any atom is -0.494 e. The predicted molar refractivity (Wildman–Crippen MR) is 85.7 cm³/mol. The van der Waals surface area contributed by atoms with Gasteiger partial charge in [0.15, 0.2) is 0 Å². The topological polar surface area (TPSA) is 48.2 Å². The standard InChI is InChI=1S/C18H18N2O2/c1-3-12-21-16-10-8-14(9-11-16)17-19-18(22-20-17)15-6-4-13(2)5-7-15/h4-11H,3,12H2,1-2H3. The van der Waals surface area contributed by atoms with Crippen LogP contribution in [-0.4, -0.2) is 16.7 Å². The molecule has 0 unspecified atom stereocenters. The summed E-state index contributed by atoms with van der Waals surface area (Å²) in [7, 11) is 0. The van der Waals surface area contributed by atoms with Crippen LogP contribution in [0.1, 0.15) is 18.9 Å². The molecule has 0 bridgehead atoms. The second-order valence-corrected chi connectivity index (χ2v) is 5.16. The Kier molecular flexibility index (Phi) is 4.19. The summed E-state index contributed by atoms with van der Waals surface area (Å²) in [6.07, 6.45) is 0.993. The van der Waals surface area contributed by atoms with Crippen LogP contribution in [0.5, 0.6) is 5.75 Å². The summed E-state index contributed by atoms with van der Waals surface area (Å²) >= 11 is 0. The van der Waals surface area contributed by atoms with Gasteiger partial charge < -0.3 is 9.26 Å². The van der Waals surface area contributed by atoms with Crippen LogP contribution in [0.4, 0.5) is 0 Å². The number of aryl methyl sites for hydroxylation is 1. The van der Waals surface area contributed by atoms with Crippen molar-refractivity contribution in [1.29, 1.82) is 0 Å². The highest BCUT2D eigenvalue weighted by atomic mass is 16.5. The first-order valence-corrected chi connectivity index (χ1v) is 7.40. The van der Waals surface area contributed by atoms with Gasteiger partial charge in [0.25, 0.3) is 5.89 Å². The molecule has 0 fully saturated rings. The van der Waals surface area contributed by atoms with E-state index in [4.69, 9.17) is 9.26 Å². The lowest BCUT2D eigenvalue weighted by atomic mass is 10.1. The average Bonchev–Trinajstić information content (AvgIpc) is 3.04. The third kappa shape index (κ3) is 3.17. The maximum absolute atomic E-state index is 5.57. The highest BCUT2D eigenvalue weighted by Crippen LogP contribution is 2.24. The zero-order chi connectivity index (χ0) is 15.4. The van der Waals surface area contributed by atoms with Crippen molar-refractivity contribution in [3.63, 3.8) is 0 Å². The van der Waals surface area contributed by atoms with E-state index in [0.29, 0.717) is 11.7 Å². The fourth-order valence-corrected chi connectivity index (χ4v) is 2.07. The molecule has 0 amide bonds. The normalized spacial score (nSPS) is 10.6. The van der Waals surface area contributed by atoms with Gasteiger partial charge in [-0.1, -0.05) is 29.8 Å². The van der Waals surface area contributed by atoms with E-state index in [0.717, 1.165) is 29.9 Å². The number of aromatic nitrogens is 2. The fraction of sp³-hybridized carbons (Fsp3) is 0.222. The van der Waals surface area contributed by atoms with Crippen molar-refractivity contribution in [2.24, 2.45) is 0 Å². The highest BCUT2D eigenvalue weighted by Gasteiger charge is 2.10. The van der Waals surface area contributed by atoms with Crippen LogP contribution >= 0.6 is 0 Å². The lowest BCUT2D eigenvalue weighted by Gasteiger charge is -2.03. The molecule has 4 nitrogen and oxygen atoms in total. The number of hydrogen-bond donors (Lipinski definition) is 0. The van der Waals surface area contributed by atoms with Crippen LogP contribution in [0.25, 0.3) is 22.8 Å². The molecule has 0 spiro atoms. The first kappa shape index (κ1) is 14.3. The van der Waals surface area contributed by atoms with Gasteiger partial charge in [0.1, 0.15) is 5.75 Å². The second kappa shape index (κ2) is 6.43. The largest absolute Gasteiger partial charge is 0.494 e. The molecule has 4 heteroatoms. The van der Waals surface area contributed by atoms with E-state index >= 15 is 0 Å². The van der Waals surface area contributed by atoms with Gasteiger partial charge in [0.05, 0.1) is 6.61 Å². The molecular formula is C18H18N2O2. The van der Waals surface area contributed by atoms with Crippen molar-refractivity contribution in [2.75, 3.05) is 6.61 Å². The van der Waals surface area contributed by atoms with Gasteiger partial charge in [-0.05, 0) is 49.7 Å². The Morgan fingerprint density at radius 2 is 1.64 bits per heavy atom. The Labute approximate surface area is 129 Å². The Bertz CT molecular complexity index is 731. The molecule has 0 N–H and O–H groups in total. The molecule has 22 heavy (non-hydrogen) atoms. The molecule has 3 aromatic rings. The first-order valence-electron chi connectivity index (χ1n) is 7.40. The molecule has 0 saturated heterocycles. The molecule has 1 aromatic heterocycles. The molecule has 3 rings (SSSR count). The zero-order valence-corrected chi connectivity index (χ0v) is 12.7. The maximum atomic E-state index is 5.57. The van der Waals surface area contributed by atoms with Crippen molar-refractivity contribution in [2.45, 2.75) is 20.3 Å². The molecule has 0 radical (unpaired) electrons. The van der Waals surface area contributed by atoms with Crippen LogP contribution in [-0.2, 0) is 0 Å². The number of hydrogen-bond acceptors (Lipinski definition) is 4. The summed E-state index contributed by atoms with van der Waals surface area (Å²) in [4.78, 5) is 4.45. The first-order chi connectivity index (χ1) is 10.8. The van der Waals surface area contributed by atoms with Crippen LogP contribution in [0, 0.1) is 6.92 Å². The molecule has 0 aliphatic heterocycles. The van der Waals surface area contributed by atoms with Gasteiger partial charge in [-0.3, -0.25) is 0 Å². The summed E-state index contributed by atoms with van der Waals surface area (Å²) in [6.45, 7) is 4.85. The van der Waals surface area contributed by atoms with E-state index < -0.39 is 0 Å². The average molecular weight is 294 g/mol. The molecule has 2 aromatic carbocycles. The van der Waals surface area contributed by atoms with E-state index in [-0.39, 0.29) is 0 Å². The maximum Gasteiger partial charge on any atom is 0.258 e. The number of rotatable bonds is 5. The van der Waals surface area contributed by atoms with E-state index in [1.165, 1.54) is 5.56 Å². The Hall–Kier alpha value is -2.62. The summed E-state index contributed by atoms with van der Waals surface area (Å²) in [5.41, 5.74) is 3.03. The molecule has 112 valence electrons. The van der Waals surface area contributed by atoms with Crippen LogP contribution < -0.4 is 4.74 Å². The molecular weight excluding hydrogens is 276 g/mol. The van der Waals surface area contributed by atoms with E-state index in [2.05, 4.69) is 17.1 Å². The van der Waals surface area contributed by atoms with Gasteiger partial charge in [0.2, 0.25) is 5.82 Å². The highest BCUT2D eigenvalue weighted by molar-refractivity contribution is 5.60. The van der Waals surface area contributed by atoms with Crippen LogP contribution in [0.15, 0.2) is 53.1 Å². The molecule has 0 aliphatic rings. The van der Waals surface area contributed by atoms with Gasteiger partial charge in [-0.2, -0.15) is 4.98 Å². The van der Waals surface area contributed by atoms with E-state index in [1.807, 2.05) is 55.5 Å². The second-order valence-electron chi connectivity index (χ2n) is 5.16. The quantitative estimate of drug-likeness (QED) is 0.695. The Morgan fingerprint density at radius 3 is 2.32 bits per heavy atom. The zero-order valence-electron chi connectivity index (χ0n) is 12.7. The van der Waals surface area contributed by atoms with E-state index in [9.17, 15) is 0 Å². The number of benzene rings is 2. The SMILES string of the molecule is CCCOc1ccc(-c2noc(-c3ccc(C)cc3)n2)cc1. The lowest BCUT2D eigenvalue weighted by Crippen LogP contribution is -1.94. The Balaban J connectivity index is 1.79. The van der Waals surface area contributed by atoms with Crippen LogP contribution in [0.2, 0.25) is 0 Å². The lowest BCUT2D eigenvalue weighted by molar-refractivity contribution is 0.317. The monoisotopic (exact) mass is 294 g/mol. The summed E-state index contributed by atoms with van der Waals surface area (Å²) < 4.78 is 10.9. The Morgan fingerprint density at radius 1 is 0.955 bits per heavy atom. The molecule has 0 saturated carbocycles. The number of nitrogens with zero attached hydrogens (tertiary/aromatic N) is 2. The summed E-state index contributed by atoms with van der Waals surface area (Å²) in [5.74, 6) is 1.96. The van der Waals surface area contributed by atoms with Gasteiger partial charge in [-0.25, -0.2) is 0 Å². The molecule has 0 aliphatic carbocycles. The third-order valence-electron chi connectivity index (χ3n) is 3.31. The van der Waals surface area contributed by atoms with E-state index in [1.54, 1.807) is 0 Å². The van der Waals surface area contributed by atoms with Crippen molar-refractivity contribution >= 4 is 0 Å². The summed E-state index contributed by atoms with van der Waals surface area (Å²) in [5, 5.41) is 4.05. The minimum absolute atomic E-state index is 0.529. The van der Waals surface area contributed by atoms with Gasteiger partial charge >= 0.3 is 0 Å². The van der Waals surface area contributed by atoms with Gasteiger partial charge in [-0.15, -0.1) is 0 Å². The van der Waals surface area contributed by atoms with Crippen molar-refractivity contribution in [3.8, 4) is 28.6 Å². The third-order valence-corrected chi connectivity index (χ3v) is 3.31. The fourth-order valence-electron chi connectivity index (χ4n) is 2.07. The minimum atomic E-state index is 0.529. The predicted octanol–water partition coefficient (Wildman–Crippen LogP) is 4.50. The molecule has 1 heterocycles.